The monoisotopic (exact) mass is 318 g/mol. The van der Waals surface area contributed by atoms with Gasteiger partial charge in [0.2, 0.25) is 5.91 Å². The van der Waals surface area contributed by atoms with Gasteiger partial charge in [0.1, 0.15) is 0 Å². The summed E-state index contributed by atoms with van der Waals surface area (Å²) in [7, 11) is 1.29. The summed E-state index contributed by atoms with van der Waals surface area (Å²) in [5.41, 5.74) is 0. The fourth-order valence-corrected chi connectivity index (χ4v) is 2.79. The number of amides is 2. The lowest BCUT2D eigenvalue weighted by molar-refractivity contribution is -0.180. The van der Waals surface area contributed by atoms with E-state index < -0.39 is 16.8 Å². The molecule has 2 fully saturated rings. The van der Waals surface area contributed by atoms with Gasteiger partial charge in [-0.3, -0.25) is 14.6 Å². The van der Waals surface area contributed by atoms with Gasteiger partial charge in [-0.2, -0.15) is 0 Å². The standard InChI is InChI=1S/C11H15BrN2O4/c1-18-11(17)8-3-2-6-13-9(15)5-4-7(12)10(16)14(8)13/h7-8H,2-6H2,1H3/t7?,8-/m0/s1. The van der Waals surface area contributed by atoms with Crippen LogP contribution in [-0.2, 0) is 19.1 Å². The Morgan fingerprint density at radius 1 is 1.39 bits per heavy atom. The van der Waals surface area contributed by atoms with Gasteiger partial charge >= 0.3 is 5.97 Å². The number of carbonyl (C=O) groups excluding carboxylic acids is 3. The molecule has 2 saturated heterocycles. The van der Waals surface area contributed by atoms with Crippen LogP contribution in [0.5, 0.6) is 0 Å². The van der Waals surface area contributed by atoms with Crippen LogP contribution in [0.1, 0.15) is 25.7 Å². The van der Waals surface area contributed by atoms with Gasteiger partial charge in [0.15, 0.2) is 6.04 Å². The second-order valence-electron chi connectivity index (χ2n) is 4.39. The number of ether oxygens (including phenoxy) is 1. The molecular formula is C11H15BrN2O4. The molecule has 2 rings (SSSR count). The number of hydrogen-bond acceptors (Lipinski definition) is 4. The van der Waals surface area contributed by atoms with E-state index in [1.807, 2.05) is 0 Å². The predicted molar refractivity (Wildman–Crippen MR) is 65.5 cm³/mol. The zero-order chi connectivity index (χ0) is 13.3. The highest BCUT2D eigenvalue weighted by Crippen LogP contribution is 2.27. The van der Waals surface area contributed by atoms with Crippen LogP contribution in [0.4, 0.5) is 0 Å². The molecule has 0 aromatic carbocycles. The summed E-state index contributed by atoms with van der Waals surface area (Å²) in [6.07, 6.45) is 1.99. The third kappa shape index (κ3) is 2.23. The second-order valence-corrected chi connectivity index (χ2v) is 5.49. The molecule has 0 saturated carbocycles. The van der Waals surface area contributed by atoms with Crippen molar-refractivity contribution in [2.75, 3.05) is 13.7 Å². The van der Waals surface area contributed by atoms with Crippen LogP contribution in [0.3, 0.4) is 0 Å². The highest BCUT2D eigenvalue weighted by atomic mass is 79.9. The van der Waals surface area contributed by atoms with Crippen molar-refractivity contribution in [3.05, 3.63) is 0 Å². The first kappa shape index (κ1) is 13.3. The maximum absolute atomic E-state index is 12.2. The molecule has 6 nitrogen and oxygen atoms in total. The Kier molecular flexibility index (Phi) is 3.89. The van der Waals surface area contributed by atoms with Crippen molar-refractivity contribution in [3.63, 3.8) is 0 Å². The first-order valence-corrected chi connectivity index (χ1v) is 6.83. The molecule has 0 bridgehead atoms. The number of hydrogen-bond donors (Lipinski definition) is 0. The summed E-state index contributed by atoms with van der Waals surface area (Å²) < 4.78 is 4.71. The normalized spacial score (nSPS) is 28.8. The fraction of sp³-hybridized carbons (Fsp3) is 0.727. The molecule has 2 aliphatic heterocycles. The maximum Gasteiger partial charge on any atom is 0.330 e. The number of fused-ring (bicyclic) bond motifs is 1. The summed E-state index contributed by atoms with van der Waals surface area (Å²) in [5, 5.41) is 2.68. The minimum atomic E-state index is -0.682. The molecule has 7 heteroatoms. The van der Waals surface area contributed by atoms with Gasteiger partial charge in [-0.05, 0) is 19.3 Å². The average Bonchev–Trinajstić information content (AvgIpc) is 2.50. The van der Waals surface area contributed by atoms with E-state index in [1.165, 1.54) is 17.1 Å². The number of esters is 1. The van der Waals surface area contributed by atoms with Crippen LogP contribution < -0.4 is 0 Å². The Hall–Kier alpha value is -1.11. The topological polar surface area (TPSA) is 66.9 Å². The predicted octanol–water partition coefficient (Wildman–Crippen LogP) is 0.451. The van der Waals surface area contributed by atoms with Crippen LogP contribution in [0.25, 0.3) is 0 Å². The third-order valence-corrected chi connectivity index (χ3v) is 4.12. The Balaban J connectivity index is 2.32. The van der Waals surface area contributed by atoms with E-state index in [1.54, 1.807) is 0 Å². The van der Waals surface area contributed by atoms with Crippen LogP contribution in [0.2, 0.25) is 0 Å². The largest absolute Gasteiger partial charge is 0.467 e. The highest BCUT2D eigenvalue weighted by Gasteiger charge is 2.43. The van der Waals surface area contributed by atoms with E-state index in [0.717, 1.165) is 0 Å². The quantitative estimate of drug-likeness (QED) is 0.520. The number of methoxy groups -OCH3 is 1. The molecule has 0 spiro atoms. The molecule has 2 heterocycles. The molecule has 18 heavy (non-hydrogen) atoms. The van der Waals surface area contributed by atoms with Crippen molar-refractivity contribution in [1.29, 1.82) is 0 Å². The van der Waals surface area contributed by atoms with Crippen molar-refractivity contribution in [2.24, 2.45) is 0 Å². The lowest BCUT2D eigenvalue weighted by Crippen LogP contribution is -2.60. The van der Waals surface area contributed by atoms with E-state index >= 15 is 0 Å². The first-order chi connectivity index (χ1) is 8.56. The van der Waals surface area contributed by atoms with Crippen molar-refractivity contribution in [3.8, 4) is 0 Å². The Morgan fingerprint density at radius 2 is 2.11 bits per heavy atom. The summed E-state index contributed by atoms with van der Waals surface area (Å²) in [6, 6.07) is -0.682. The van der Waals surface area contributed by atoms with Crippen molar-refractivity contribution in [2.45, 2.75) is 36.6 Å². The Labute approximate surface area is 113 Å². The van der Waals surface area contributed by atoms with Gasteiger partial charge in [-0.1, -0.05) is 15.9 Å². The maximum atomic E-state index is 12.2. The molecule has 1 unspecified atom stereocenters. The van der Waals surface area contributed by atoms with Crippen molar-refractivity contribution in [1.82, 2.24) is 10.0 Å². The number of halogens is 1. The van der Waals surface area contributed by atoms with Crippen LogP contribution in [0.15, 0.2) is 0 Å². The molecule has 0 aromatic rings. The number of nitrogens with zero attached hydrogens (tertiary/aromatic N) is 2. The molecule has 100 valence electrons. The molecule has 2 atom stereocenters. The zero-order valence-corrected chi connectivity index (χ0v) is 11.7. The smallest absolute Gasteiger partial charge is 0.330 e. The molecule has 2 aliphatic rings. The fourth-order valence-electron chi connectivity index (χ4n) is 2.35. The van der Waals surface area contributed by atoms with E-state index in [2.05, 4.69) is 15.9 Å². The number of rotatable bonds is 1. The van der Waals surface area contributed by atoms with Crippen molar-refractivity contribution >= 4 is 33.7 Å². The van der Waals surface area contributed by atoms with Crippen LogP contribution in [-0.4, -0.2) is 52.3 Å². The highest BCUT2D eigenvalue weighted by molar-refractivity contribution is 9.10. The molecule has 0 aromatic heterocycles. The summed E-state index contributed by atoms with van der Waals surface area (Å²) in [5.74, 6) is -0.822. The summed E-state index contributed by atoms with van der Waals surface area (Å²) in [6.45, 7) is 0.484. The lowest BCUT2D eigenvalue weighted by Gasteiger charge is -2.41. The minimum Gasteiger partial charge on any atom is -0.467 e. The number of hydrazine groups is 1. The van der Waals surface area contributed by atoms with Gasteiger partial charge in [-0.15, -0.1) is 0 Å². The van der Waals surface area contributed by atoms with E-state index in [-0.39, 0.29) is 11.8 Å². The molecule has 0 aliphatic carbocycles. The van der Waals surface area contributed by atoms with Crippen molar-refractivity contribution < 1.29 is 19.1 Å². The zero-order valence-electron chi connectivity index (χ0n) is 10.1. The van der Waals surface area contributed by atoms with Gasteiger partial charge in [-0.25, -0.2) is 9.80 Å². The molecular weight excluding hydrogens is 304 g/mol. The Morgan fingerprint density at radius 3 is 2.78 bits per heavy atom. The van der Waals surface area contributed by atoms with Crippen LogP contribution >= 0.6 is 15.9 Å². The SMILES string of the molecule is COC(=O)[C@@H]1CCCN2C(=O)CCC(Br)C(=O)N12. The van der Waals surface area contributed by atoms with Gasteiger partial charge in [0.25, 0.3) is 5.91 Å². The molecule has 0 N–H and O–H groups in total. The summed E-state index contributed by atoms with van der Waals surface area (Å²) >= 11 is 3.27. The average molecular weight is 319 g/mol. The van der Waals surface area contributed by atoms with E-state index in [4.69, 9.17) is 4.74 Å². The Bertz CT molecular complexity index is 387. The van der Waals surface area contributed by atoms with E-state index in [9.17, 15) is 14.4 Å². The van der Waals surface area contributed by atoms with Gasteiger partial charge in [0, 0.05) is 13.0 Å². The van der Waals surface area contributed by atoms with E-state index in [0.29, 0.717) is 32.2 Å². The third-order valence-electron chi connectivity index (χ3n) is 3.27. The van der Waals surface area contributed by atoms with Gasteiger partial charge in [0.05, 0.1) is 11.9 Å². The molecule has 0 radical (unpaired) electrons. The minimum absolute atomic E-state index is 0.112. The lowest BCUT2D eigenvalue weighted by atomic mass is 10.1. The first-order valence-electron chi connectivity index (χ1n) is 5.91. The van der Waals surface area contributed by atoms with Gasteiger partial charge < -0.3 is 4.74 Å². The number of alkyl halides is 1. The second kappa shape index (κ2) is 5.26. The molecule has 2 amide bonds. The number of carbonyl (C=O) groups is 3. The summed E-state index contributed by atoms with van der Waals surface area (Å²) in [4.78, 5) is 35.5. The van der Waals surface area contributed by atoms with Crippen LogP contribution in [0, 0.1) is 0 Å².